The third-order valence-corrected chi connectivity index (χ3v) is 12.9. The lowest BCUT2D eigenvalue weighted by Crippen LogP contribution is -2.42. The van der Waals surface area contributed by atoms with Crippen LogP contribution in [0, 0.1) is 36.5 Å². The minimum atomic E-state index is -0.423. The van der Waals surface area contributed by atoms with E-state index in [2.05, 4.69) is 26.2 Å². The molecule has 3 heterocycles. The predicted octanol–water partition coefficient (Wildman–Crippen LogP) is 5.91. The fraction of sp³-hybridized carbons (Fsp3) is 0.294. The Morgan fingerprint density at radius 2 is 1.74 bits per heavy atom. The first-order valence-corrected chi connectivity index (χ1v) is 17.5. The number of phenolic OH excluding ortho intramolecular Hbond substituents is 1. The number of halogens is 1. The molecule has 9 nitrogen and oxygen atoms in total. The van der Waals surface area contributed by atoms with E-state index in [1.165, 1.54) is 28.4 Å². The summed E-state index contributed by atoms with van der Waals surface area (Å²) >= 11 is 6.42. The van der Waals surface area contributed by atoms with E-state index in [1.807, 2.05) is 49.4 Å². The maximum absolute atomic E-state index is 14.1. The summed E-state index contributed by atoms with van der Waals surface area (Å²) in [6.45, 7) is 1.72. The van der Waals surface area contributed by atoms with Gasteiger partial charge in [0.1, 0.15) is 11.5 Å². The van der Waals surface area contributed by atoms with Crippen LogP contribution < -0.4 is 19.8 Å². The minimum absolute atomic E-state index is 0.0106. The van der Waals surface area contributed by atoms with Gasteiger partial charge in [-0.3, -0.25) is 24.1 Å². The minimum Gasteiger partial charge on any atom is -0.508 e. The number of phenols is 1. The number of benzene rings is 3. The monoisotopic (exact) mass is 717 g/mol. The van der Waals surface area contributed by atoms with E-state index in [0.717, 1.165) is 31.9 Å². The van der Waals surface area contributed by atoms with Crippen LogP contribution in [0.1, 0.15) is 28.3 Å². The molecule has 4 aromatic rings. The number of rotatable bonds is 6. The first-order valence-electron chi connectivity index (χ1n) is 15.0. The molecule has 1 aromatic heterocycles. The molecule has 2 bridgehead atoms. The lowest BCUT2D eigenvalue weighted by molar-refractivity contribution is -0.123. The van der Waals surface area contributed by atoms with Crippen molar-refractivity contribution in [3.8, 4) is 11.5 Å². The molecular weight excluding hydrogens is 690 g/mol. The maximum Gasteiger partial charge on any atom is 0.305 e. The lowest BCUT2D eigenvalue weighted by Gasteiger charge is -2.43. The zero-order chi connectivity index (χ0) is 31.9. The van der Waals surface area contributed by atoms with Gasteiger partial charge in [-0.1, -0.05) is 45.0 Å². The number of H-pyrrole nitrogens is 1. The number of amides is 3. The van der Waals surface area contributed by atoms with Gasteiger partial charge in [0.05, 0.1) is 22.5 Å². The number of nitrogens with one attached hydrogen (secondary N) is 2. The molecule has 7 atom stereocenters. The van der Waals surface area contributed by atoms with Crippen molar-refractivity contribution in [2.24, 2.45) is 29.6 Å². The highest BCUT2D eigenvalue weighted by molar-refractivity contribution is 9.10. The van der Waals surface area contributed by atoms with Crippen LogP contribution in [-0.4, -0.2) is 39.7 Å². The fourth-order valence-electron chi connectivity index (χ4n) is 8.09. The van der Waals surface area contributed by atoms with E-state index in [-0.39, 0.29) is 69.8 Å². The fourth-order valence-corrected chi connectivity index (χ4v) is 11.4. The third-order valence-electron chi connectivity index (χ3n) is 9.83. The number of aromatic amines is 1. The molecule has 3 fully saturated rings. The smallest absolute Gasteiger partial charge is 0.305 e. The molecule has 0 spiro atoms. The second-order valence-electron chi connectivity index (χ2n) is 12.4. The summed E-state index contributed by atoms with van der Waals surface area (Å²) in [6.07, 6.45) is 0.770. The Hall–Kier alpha value is -3.87. The normalized spacial score (nSPS) is 27.3. The number of thioether (sulfide) groups is 1. The number of aryl methyl sites for hydroxylation is 1. The predicted molar refractivity (Wildman–Crippen MR) is 179 cm³/mol. The van der Waals surface area contributed by atoms with E-state index in [0.29, 0.717) is 17.1 Å². The molecule has 2 saturated carbocycles. The van der Waals surface area contributed by atoms with Crippen LogP contribution in [0.3, 0.4) is 0 Å². The van der Waals surface area contributed by atoms with Crippen molar-refractivity contribution >= 4 is 68.1 Å². The van der Waals surface area contributed by atoms with Gasteiger partial charge in [-0.05, 0) is 85.7 Å². The van der Waals surface area contributed by atoms with Crippen molar-refractivity contribution in [2.75, 3.05) is 16.8 Å². The van der Waals surface area contributed by atoms with Gasteiger partial charge in [0.2, 0.25) is 11.8 Å². The second kappa shape index (κ2) is 11.1. The molecule has 3 amide bonds. The van der Waals surface area contributed by atoms with Crippen LogP contribution in [0.4, 0.5) is 11.4 Å². The van der Waals surface area contributed by atoms with Crippen LogP contribution in [0.15, 0.2) is 81.0 Å². The summed E-state index contributed by atoms with van der Waals surface area (Å²) in [5, 5.41) is 13.1. The van der Waals surface area contributed by atoms with E-state index in [1.54, 1.807) is 23.9 Å². The Morgan fingerprint density at radius 3 is 2.48 bits per heavy atom. The number of aromatic nitrogens is 1. The number of hydrogen-bond donors (Lipinski definition) is 3. The van der Waals surface area contributed by atoms with E-state index < -0.39 is 5.92 Å². The summed E-state index contributed by atoms with van der Waals surface area (Å²) in [5.74, 6) is -1.19. The van der Waals surface area contributed by atoms with Gasteiger partial charge in [0.25, 0.3) is 5.91 Å². The zero-order valence-corrected chi connectivity index (χ0v) is 27.7. The summed E-state index contributed by atoms with van der Waals surface area (Å²) in [6, 6.07) is 19.3. The molecule has 234 valence electrons. The summed E-state index contributed by atoms with van der Waals surface area (Å²) in [5.41, 5.74) is 3.02. The summed E-state index contributed by atoms with van der Waals surface area (Å²) in [4.78, 5) is 58.7. The van der Waals surface area contributed by atoms with Crippen molar-refractivity contribution < 1.29 is 24.2 Å². The molecule has 3 aromatic carbocycles. The van der Waals surface area contributed by atoms with Gasteiger partial charge < -0.3 is 20.1 Å². The lowest BCUT2D eigenvalue weighted by atomic mass is 9.68. The Kier molecular flexibility index (Phi) is 7.15. The molecule has 2 aliphatic heterocycles. The Labute approximate surface area is 280 Å². The number of fused-ring (bicyclic) bond motifs is 9. The topological polar surface area (TPSA) is 129 Å². The van der Waals surface area contributed by atoms with Crippen molar-refractivity contribution in [1.29, 1.82) is 0 Å². The maximum atomic E-state index is 14.1. The summed E-state index contributed by atoms with van der Waals surface area (Å²) in [7, 11) is 0. The standard InChI is InChI=1S/C34H28BrN3O6S2/c1-15-2-7-18(8-3-15)38-32(41)27-21-13-22(28(27)33(38)42)29-26(21)25(30-31(45-29)37-34(43)46-30)20-12-16(35)4-11-23(20)44-14-24(40)36-17-5-9-19(39)10-6-17/h2-12,21-22,25-29,39H,13-14H2,1H3,(H,36,40)(H,37,43)/t21-,22-,25+,26-,27+,28+,29-/m1/s1. The number of thiazole rings is 1. The number of ether oxygens (including phenoxy) is 1. The molecule has 12 heteroatoms. The van der Waals surface area contributed by atoms with Gasteiger partial charge in [-0.15, -0.1) is 11.8 Å². The molecule has 3 N–H and O–H groups in total. The van der Waals surface area contributed by atoms with Gasteiger partial charge in [0.15, 0.2) is 6.61 Å². The number of hydrogen-bond acceptors (Lipinski definition) is 8. The number of carbonyl (C=O) groups excluding carboxylic acids is 3. The Morgan fingerprint density at radius 1 is 1.02 bits per heavy atom. The van der Waals surface area contributed by atoms with Crippen LogP contribution in [0.5, 0.6) is 11.5 Å². The van der Waals surface area contributed by atoms with Gasteiger partial charge in [0, 0.05) is 31.8 Å². The third kappa shape index (κ3) is 4.72. The SMILES string of the molecule is Cc1ccc(N2C(=O)[C@H]3[C@H]4C[C@@H]([C@@H]3C2=O)[C@@H]2[C@H](c3cc(Br)ccc3OCC(=O)Nc3ccc(O)cc3)c3sc(=O)[nH]c3S[C@H]42)cc1. The van der Waals surface area contributed by atoms with Crippen LogP contribution in [-0.2, 0) is 14.4 Å². The van der Waals surface area contributed by atoms with Gasteiger partial charge in [-0.2, -0.15) is 0 Å². The number of aromatic hydroxyl groups is 1. The average Bonchev–Trinajstić information content (AvgIpc) is 3.77. The van der Waals surface area contributed by atoms with Crippen LogP contribution in [0.25, 0.3) is 0 Å². The molecule has 46 heavy (non-hydrogen) atoms. The first kappa shape index (κ1) is 29.5. The number of nitrogens with zero attached hydrogens (tertiary/aromatic N) is 1. The molecule has 1 saturated heterocycles. The highest BCUT2D eigenvalue weighted by atomic mass is 79.9. The Balaban J connectivity index is 1.14. The molecule has 0 radical (unpaired) electrons. The molecule has 2 aliphatic carbocycles. The quantitative estimate of drug-likeness (QED) is 0.167. The van der Waals surface area contributed by atoms with E-state index in [4.69, 9.17) is 4.74 Å². The highest BCUT2D eigenvalue weighted by Crippen LogP contribution is 2.69. The first-order chi connectivity index (χ1) is 22.2. The number of imide groups is 1. The molecule has 8 rings (SSSR count). The molecule has 0 unspecified atom stereocenters. The van der Waals surface area contributed by atoms with Crippen molar-refractivity contribution in [3.63, 3.8) is 0 Å². The second-order valence-corrected chi connectivity index (χ2v) is 15.5. The summed E-state index contributed by atoms with van der Waals surface area (Å²) < 4.78 is 6.98. The van der Waals surface area contributed by atoms with Crippen molar-refractivity contribution in [2.45, 2.75) is 29.5 Å². The van der Waals surface area contributed by atoms with Crippen LogP contribution >= 0.6 is 39.0 Å². The highest BCUT2D eigenvalue weighted by Gasteiger charge is 2.69. The molecular formula is C34H28BrN3O6S2. The van der Waals surface area contributed by atoms with Gasteiger partial charge in [-0.25, -0.2) is 0 Å². The van der Waals surface area contributed by atoms with Gasteiger partial charge >= 0.3 is 4.87 Å². The van der Waals surface area contributed by atoms with Crippen molar-refractivity contribution in [3.05, 3.63) is 96.9 Å². The van der Waals surface area contributed by atoms with E-state index in [9.17, 15) is 24.3 Å². The van der Waals surface area contributed by atoms with Crippen LogP contribution in [0.2, 0.25) is 0 Å². The average molecular weight is 719 g/mol. The van der Waals surface area contributed by atoms with Crippen molar-refractivity contribution in [1.82, 2.24) is 4.98 Å². The number of carbonyl (C=O) groups is 3. The number of anilines is 2. The molecule has 4 aliphatic rings. The van der Waals surface area contributed by atoms with E-state index >= 15 is 0 Å². The zero-order valence-electron chi connectivity index (χ0n) is 24.4. The Bertz CT molecular complexity index is 1960. The largest absolute Gasteiger partial charge is 0.508 e.